The van der Waals surface area contributed by atoms with Crippen molar-refractivity contribution in [1.29, 1.82) is 0 Å². The molecular weight excluding hydrogens is 204 g/mol. The number of nitrogens with one attached hydrogen (secondary N) is 2. The summed E-state index contributed by atoms with van der Waals surface area (Å²) >= 11 is 0. The molecule has 2 aliphatic rings. The van der Waals surface area contributed by atoms with Crippen LogP contribution in [0.2, 0.25) is 0 Å². The smallest absolute Gasteiger partial charge is 0.249 e. The minimum atomic E-state index is -0.203. The van der Waals surface area contributed by atoms with Crippen molar-refractivity contribution >= 4 is 5.91 Å². The molecule has 0 aromatic carbocycles. The van der Waals surface area contributed by atoms with Crippen LogP contribution in [-0.2, 0) is 9.53 Å². The lowest BCUT2D eigenvalue weighted by Crippen LogP contribution is -2.41. The number of carbonyl (C=O) groups excluding carboxylic acids is 1. The molecule has 0 spiro atoms. The molecule has 2 rings (SSSR count). The van der Waals surface area contributed by atoms with E-state index in [0.717, 1.165) is 45.2 Å². The Morgan fingerprint density at radius 1 is 1.25 bits per heavy atom. The summed E-state index contributed by atoms with van der Waals surface area (Å²) in [6.45, 7) is 4.11. The largest absolute Gasteiger partial charge is 0.365 e. The van der Waals surface area contributed by atoms with Gasteiger partial charge in [0.05, 0.1) is 6.10 Å². The van der Waals surface area contributed by atoms with E-state index in [1.54, 1.807) is 0 Å². The first-order chi connectivity index (χ1) is 7.75. The summed E-state index contributed by atoms with van der Waals surface area (Å²) in [5.74, 6) is 0.0938. The number of hydrogen-bond donors (Lipinski definition) is 2. The van der Waals surface area contributed by atoms with Gasteiger partial charge in [-0.15, -0.1) is 0 Å². The zero-order valence-electron chi connectivity index (χ0n) is 10.00. The first-order valence-corrected chi connectivity index (χ1v) is 6.42. The predicted molar refractivity (Wildman–Crippen MR) is 62.2 cm³/mol. The molecule has 2 N–H and O–H groups in total. The molecule has 2 heterocycles. The Morgan fingerprint density at radius 2 is 2.12 bits per heavy atom. The molecule has 2 aliphatic heterocycles. The quantitative estimate of drug-likeness (QED) is 0.732. The molecule has 0 aromatic rings. The Bertz CT molecular complexity index is 237. The topological polar surface area (TPSA) is 50.4 Å². The van der Waals surface area contributed by atoms with Gasteiger partial charge >= 0.3 is 0 Å². The molecule has 2 fully saturated rings. The minimum absolute atomic E-state index is 0.0938. The van der Waals surface area contributed by atoms with Crippen LogP contribution in [0.1, 0.15) is 39.0 Å². The summed E-state index contributed by atoms with van der Waals surface area (Å²) in [5, 5.41) is 6.46. The highest BCUT2D eigenvalue weighted by Crippen LogP contribution is 2.19. The van der Waals surface area contributed by atoms with E-state index < -0.39 is 0 Å². The summed E-state index contributed by atoms with van der Waals surface area (Å²) < 4.78 is 5.57. The number of ether oxygens (including phenoxy) is 1. The van der Waals surface area contributed by atoms with Crippen molar-refractivity contribution in [1.82, 2.24) is 10.6 Å². The fourth-order valence-electron chi connectivity index (χ4n) is 2.45. The third-order valence-corrected chi connectivity index (χ3v) is 3.45. The van der Waals surface area contributed by atoms with Crippen LogP contribution in [0.25, 0.3) is 0 Å². The van der Waals surface area contributed by atoms with Gasteiger partial charge in [0.2, 0.25) is 5.91 Å². The number of hydrogen-bond acceptors (Lipinski definition) is 3. The van der Waals surface area contributed by atoms with Gasteiger partial charge in [0.1, 0.15) is 6.10 Å². The van der Waals surface area contributed by atoms with Crippen LogP contribution in [0.15, 0.2) is 0 Å². The highest BCUT2D eigenvalue weighted by atomic mass is 16.5. The lowest BCUT2D eigenvalue weighted by molar-refractivity contribution is -0.132. The van der Waals surface area contributed by atoms with E-state index in [9.17, 15) is 4.79 Å². The maximum atomic E-state index is 11.9. The second-order valence-electron chi connectivity index (χ2n) is 4.90. The SMILES string of the molecule is CC1CCC(C(=O)NC2CCCNCC2)O1. The van der Waals surface area contributed by atoms with Gasteiger partial charge in [0.15, 0.2) is 0 Å². The Balaban J connectivity index is 1.77. The van der Waals surface area contributed by atoms with Crippen molar-refractivity contribution in [2.24, 2.45) is 0 Å². The van der Waals surface area contributed by atoms with Gasteiger partial charge in [-0.05, 0) is 52.1 Å². The second kappa shape index (κ2) is 5.64. The van der Waals surface area contributed by atoms with E-state index >= 15 is 0 Å². The molecule has 16 heavy (non-hydrogen) atoms. The van der Waals surface area contributed by atoms with Crippen molar-refractivity contribution in [3.63, 3.8) is 0 Å². The molecule has 0 aliphatic carbocycles. The fourth-order valence-corrected chi connectivity index (χ4v) is 2.45. The van der Waals surface area contributed by atoms with Gasteiger partial charge in [-0.2, -0.15) is 0 Å². The minimum Gasteiger partial charge on any atom is -0.365 e. The summed E-state index contributed by atoms with van der Waals surface area (Å²) in [6, 6.07) is 0.335. The third-order valence-electron chi connectivity index (χ3n) is 3.45. The Hall–Kier alpha value is -0.610. The second-order valence-corrected chi connectivity index (χ2v) is 4.90. The van der Waals surface area contributed by atoms with E-state index in [0.29, 0.717) is 6.04 Å². The highest BCUT2D eigenvalue weighted by molar-refractivity contribution is 5.81. The van der Waals surface area contributed by atoms with Crippen molar-refractivity contribution in [2.45, 2.75) is 57.3 Å². The van der Waals surface area contributed by atoms with Crippen LogP contribution < -0.4 is 10.6 Å². The van der Waals surface area contributed by atoms with Crippen LogP contribution in [0.5, 0.6) is 0 Å². The van der Waals surface area contributed by atoms with Gasteiger partial charge in [0.25, 0.3) is 0 Å². The van der Waals surface area contributed by atoms with Crippen LogP contribution in [0.3, 0.4) is 0 Å². The predicted octanol–water partition coefficient (Wildman–Crippen LogP) is 0.812. The molecule has 0 aromatic heterocycles. The van der Waals surface area contributed by atoms with E-state index in [-0.39, 0.29) is 18.1 Å². The molecule has 4 nitrogen and oxygen atoms in total. The maximum absolute atomic E-state index is 11.9. The lowest BCUT2D eigenvalue weighted by Gasteiger charge is -2.18. The molecular formula is C12H22N2O2. The zero-order valence-corrected chi connectivity index (χ0v) is 10.00. The third kappa shape index (κ3) is 3.19. The monoisotopic (exact) mass is 226 g/mol. The molecule has 2 saturated heterocycles. The Labute approximate surface area is 97.1 Å². The summed E-state index contributed by atoms with van der Waals surface area (Å²) in [4.78, 5) is 11.9. The molecule has 4 heteroatoms. The molecule has 92 valence electrons. The van der Waals surface area contributed by atoms with Crippen LogP contribution in [0, 0.1) is 0 Å². The molecule has 1 amide bonds. The van der Waals surface area contributed by atoms with Gasteiger partial charge in [-0.3, -0.25) is 4.79 Å². The van der Waals surface area contributed by atoms with Crippen molar-refractivity contribution in [2.75, 3.05) is 13.1 Å². The fraction of sp³-hybridized carbons (Fsp3) is 0.917. The summed E-state index contributed by atoms with van der Waals surface area (Å²) in [6.07, 6.45) is 5.18. The highest BCUT2D eigenvalue weighted by Gasteiger charge is 2.29. The number of amides is 1. The Morgan fingerprint density at radius 3 is 2.88 bits per heavy atom. The average Bonchev–Trinajstić information content (AvgIpc) is 2.54. The summed E-state index contributed by atoms with van der Waals surface area (Å²) in [7, 11) is 0. The van der Waals surface area contributed by atoms with Crippen LogP contribution in [0.4, 0.5) is 0 Å². The normalized spacial score (nSPS) is 35.7. The summed E-state index contributed by atoms with van der Waals surface area (Å²) in [5.41, 5.74) is 0. The first-order valence-electron chi connectivity index (χ1n) is 6.42. The van der Waals surface area contributed by atoms with E-state index in [4.69, 9.17) is 4.74 Å². The molecule has 0 bridgehead atoms. The molecule has 3 unspecified atom stereocenters. The van der Waals surface area contributed by atoms with Gasteiger partial charge in [0, 0.05) is 6.04 Å². The van der Waals surface area contributed by atoms with Crippen LogP contribution >= 0.6 is 0 Å². The van der Waals surface area contributed by atoms with E-state index in [1.165, 1.54) is 0 Å². The average molecular weight is 226 g/mol. The Kier molecular flexibility index (Phi) is 4.18. The zero-order chi connectivity index (χ0) is 11.4. The number of rotatable bonds is 2. The van der Waals surface area contributed by atoms with Gasteiger partial charge in [-0.1, -0.05) is 0 Å². The maximum Gasteiger partial charge on any atom is 0.249 e. The van der Waals surface area contributed by atoms with Crippen LogP contribution in [-0.4, -0.2) is 37.2 Å². The van der Waals surface area contributed by atoms with Crippen molar-refractivity contribution in [3.05, 3.63) is 0 Å². The molecule has 0 radical (unpaired) electrons. The van der Waals surface area contributed by atoms with Crippen molar-refractivity contribution < 1.29 is 9.53 Å². The standard InChI is InChI=1S/C12H22N2O2/c1-9-4-5-11(16-9)12(15)14-10-3-2-7-13-8-6-10/h9-11,13H,2-8H2,1H3,(H,14,15). The lowest BCUT2D eigenvalue weighted by atomic mass is 10.1. The van der Waals surface area contributed by atoms with Gasteiger partial charge < -0.3 is 15.4 Å². The number of carbonyl (C=O) groups is 1. The van der Waals surface area contributed by atoms with E-state index in [1.807, 2.05) is 6.92 Å². The van der Waals surface area contributed by atoms with E-state index in [2.05, 4.69) is 10.6 Å². The molecule has 3 atom stereocenters. The first kappa shape index (κ1) is 11.9. The van der Waals surface area contributed by atoms with Gasteiger partial charge in [-0.25, -0.2) is 0 Å². The molecule has 0 saturated carbocycles. The van der Waals surface area contributed by atoms with Crippen molar-refractivity contribution in [3.8, 4) is 0 Å².